The summed E-state index contributed by atoms with van der Waals surface area (Å²) in [4.78, 5) is 36.4. The Morgan fingerprint density at radius 1 is 1.16 bits per heavy atom. The van der Waals surface area contributed by atoms with Gasteiger partial charge >= 0.3 is 7.12 Å². The molecular weight excluding hydrogens is 413 g/mol. The third kappa shape index (κ3) is 6.22. The summed E-state index contributed by atoms with van der Waals surface area (Å²) in [6, 6.07) is 0. The molecule has 2 aliphatic rings. The van der Waals surface area contributed by atoms with E-state index < -0.39 is 22.3 Å². The van der Waals surface area contributed by atoms with E-state index in [2.05, 4.69) is 10.6 Å². The summed E-state index contributed by atoms with van der Waals surface area (Å²) in [6.07, 6.45) is 2.78. The number of nitrogens with zero attached hydrogens (tertiary/aromatic N) is 1. The van der Waals surface area contributed by atoms with Crippen molar-refractivity contribution in [3.63, 3.8) is 0 Å². The lowest BCUT2D eigenvalue weighted by Gasteiger charge is -2.37. The maximum Gasteiger partial charge on any atom is 0.457 e. The Bertz CT molecular complexity index is 720. The Morgan fingerprint density at radius 2 is 1.72 bits per heavy atom. The van der Waals surface area contributed by atoms with E-state index in [4.69, 9.17) is 9.31 Å². The average molecular weight is 453 g/mol. The maximum absolute atomic E-state index is 13.4. The van der Waals surface area contributed by atoms with Crippen molar-refractivity contribution in [3.8, 4) is 0 Å². The van der Waals surface area contributed by atoms with E-state index in [0.29, 0.717) is 19.2 Å². The van der Waals surface area contributed by atoms with Gasteiger partial charge in [0.05, 0.1) is 11.2 Å². The van der Waals surface area contributed by atoms with Crippen LogP contribution < -0.4 is 10.6 Å². The van der Waals surface area contributed by atoms with Crippen LogP contribution in [0.4, 0.5) is 0 Å². The highest BCUT2D eigenvalue weighted by Gasteiger charge is 2.55. The highest BCUT2D eigenvalue weighted by molar-refractivity contribution is 6.45. The van der Waals surface area contributed by atoms with Crippen LogP contribution in [-0.2, 0) is 18.9 Å². The molecule has 0 unspecified atom stereocenters. The Hall–Kier alpha value is -1.68. The number of hydrogen-bond donors (Lipinski definition) is 2. The van der Waals surface area contributed by atoms with Crippen molar-refractivity contribution in [2.75, 3.05) is 6.54 Å². The summed E-state index contributed by atoms with van der Waals surface area (Å²) in [7, 11) is -0.338. The molecule has 2 amide bonds. The van der Waals surface area contributed by atoms with Crippen LogP contribution in [0.5, 0.6) is 0 Å². The van der Waals surface area contributed by atoms with E-state index in [9.17, 15) is 19.7 Å². The van der Waals surface area contributed by atoms with Gasteiger partial charge < -0.3 is 19.9 Å². The van der Waals surface area contributed by atoms with Crippen molar-refractivity contribution in [1.29, 1.82) is 0 Å². The Labute approximate surface area is 192 Å². The molecule has 182 valence electrons. The molecule has 3 atom stereocenters. The Morgan fingerprint density at radius 3 is 2.19 bits per heavy atom. The van der Waals surface area contributed by atoms with Gasteiger partial charge in [0.1, 0.15) is 5.54 Å². The summed E-state index contributed by atoms with van der Waals surface area (Å²) < 4.78 is 12.1. The Kier molecular flexibility index (Phi) is 7.72. The molecule has 2 fully saturated rings. The molecule has 2 rings (SSSR count). The van der Waals surface area contributed by atoms with Crippen molar-refractivity contribution in [2.45, 2.75) is 110 Å². The number of carbonyl (C=O) groups excluding carboxylic acids is 2. The van der Waals surface area contributed by atoms with Crippen LogP contribution in [0.1, 0.15) is 81.1 Å². The summed E-state index contributed by atoms with van der Waals surface area (Å²) in [6.45, 7) is 14.8. The lowest BCUT2D eigenvalue weighted by atomic mass is 9.77. The normalized spacial score (nSPS) is 29.1. The van der Waals surface area contributed by atoms with Crippen molar-refractivity contribution in [1.82, 2.24) is 10.6 Å². The molecular formula is C22H40BN3O6. The van der Waals surface area contributed by atoms with Gasteiger partial charge in [0.2, 0.25) is 18.4 Å². The molecule has 1 aliphatic carbocycles. The van der Waals surface area contributed by atoms with Crippen LogP contribution in [0.15, 0.2) is 0 Å². The molecule has 2 N–H and O–H groups in total. The Balaban J connectivity index is 2.18. The lowest BCUT2D eigenvalue weighted by Crippen LogP contribution is -2.63. The minimum absolute atomic E-state index is 0.207. The van der Waals surface area contributed by atoms with Gasteiger partial charge in [-0.25, -0.2) is 0 Å². The zero-order valence-corrected chi connectivity index (χ0v) is 20.9. The van der Waals surface area contributed by atoms with Gasteiger partial charge in [0.25, 0.3) is 0 Å². The van der Waals surface area contributed by atoms with E-state index in [-0.39, 0.29) is 48.7 Å². The minimum atomic E-state index is -1.16. The molecule has 9 nitrogen and oxygen atoms in total. The smallest absolute Gasteiger partial charge is 0.403 e. The first kappa shape index (κ1) is 26.6. The SMILES string of the molecule is CC(=O)N[C@@]1(C(=O)NC(C)(C)C)C[C@H](C[N+](=O)[O-])C[C@@H]1CCCB1OC(C)(C)C(C)(C)O1. The number of rotatable bonds is 8. The number of nitrogens with one attached hydrogen (secondary N) is 2. The summed E-state index contributed by atoms with van der Waals surface area (Å²) in [5, 5.41) is 17.1. The van der Waals surface area contributed by atoms with Gasteiger partial charge in [0, 0.05) is 23.3 Å². The first-order chi connectivity index (χ1) is 14.5. The number of carbonyl (C=O) groups is 2. The summed E-state index contributed by atoms with van der Waals surface area (Å²) >= 11 is 0. The second kappa shape index (κ2) is 9.29. The second-order valence-electron chi connectivity index (χ2n) is 11.5. The fourth-order valence-corrected chi connectivity index (χ4v) is 4.89. The average Bonchev–Trinajstić information content (AvgIpc) is 2.99. The molecule has 1 aliphatic heterocycles. The van der Waals surface area contributed by atoms with Gasteiger partial charge in [-0.05, 0) is 80.0 Å². The van der Waals surface area contributed by atoms with Crippen LogP contribution in [0.3, 0.4) is 0 Å². The zero-order chi connectivity index (χ0) is 24.5. The number of hydrogen-bond acceptors (Lipinski definition) is 6. The van der Waals surface area contributed by atoms with Crippen LogP contribution in [0.25, 0.3) is 0 Å². The van der Waals surface area contributed by atoms with Crippen molar-refractivity contribution in [2.24, 2.45) is 11.8 Å². The second-order valence-corrected chi connectivity index (χ2v) is 11.5. The van der Waals surface area contributed by atoms with E-state index in [1.807, 2.05) is 48.5 Å². The fraction of sp³-hybridized carbons (Fsp3) is 0.909. The van der Waals surface area contributed by atoms with Crippen LogP contribution in [-0.4, -0.2) is 52.7 Å². The largest absolute Gasteiger partial charge is 0.457 e. The molecule has 1 saturated heterocycles. The van der Waals surface area contributed by atoms with E-state index >= 15 is 0 Å². The van der Waals surface area contributed by atoms with Crippen molar-refractivity contribution >= 4 is 18.9 Å². The molecule has 0 radical (unpaired) electrons. The quantitative estimate of drug-likeness (QED) is 0.331. The van der Waals surface area contributed by atoms with Crippen LogP contribution in [0, 0.1) is 22.0 Å². The van der Waals surface area contributed by atoms with E-state index in [1.165, 1.54) is 6.92 Å². The van der Waals surface area contributed by atoms with Gasteiger partial charge in [-0.15, -0.1) is 0 Å². The molecule has 32 heavy (non-hydrogen) atoms. The van der Waals surface area contributed by atoms with Crippen molar-refractivity contribution < 1.29 is 23.8 Å². The fourth-order valence-electron chi connectivity index (χ4n) is 4.89. The number of nitro groups is 1. The molecule has 0 aromatic heterocycles. The molecule has 0 bridgehead atoms. The minimum Gasteiger partial charge on any atom is -0.403 e. The monoisotopic (exact) mass is 453 g/mol. The van der Waals surface area contributed by atoms with Crippen molar-refractivity contribution in [3.05, 3.63) is 10.1 Å². The summed E-state index contributed by atoms with van der Waals surface area (Å²) in [5.41, 5.74) is -2.46. The van der Waals surface area contributed by atoms with Gasteiger partial charge in [-0.3, -0.25) is 19.7 Å². The number of amides is 2. The maximum atomic E-state index is 13.4. The van der Waals surface area contributed by atoms with Gasteiger partial charge in [0.15, 0.2) is 0 Å². The van der Waals surface area contributed by atoms with Gasteiger partial charge in [-0.2, -0.15) is 0 Å². The van der Waals surface area contributed by atoms with Gasteiger partial charge in [-0.1, -0.05) is 6.42 Å². The zero-order valence-electron chi connectivity index (χ0n) is 20.9. The third-order valence-electron chi connectivity index (χ3n) is 6.92. The molecule has 0 aromatic rings. The van der Waals surface area contributed by atoms with E-state index in [1.54, 1.807) is 0 Å². The first-order valence-electron chi connectivity index (χ1n) is 11.6. The predicted octanol–water partition coefficient (Wildman–Crippen LogP) is 2.95. The first-order valence-corrected chi connectivity index (χ1v) is 11.6. The molecule has 1 heterocycles. The molecule has 0 spiro atoms. The molecule has 10 heteroatoms. The predicted molar refractivity (Wildman–Crippen MR) is 123 cm³/mol. The lowest BCUT2D eigenvalue weighted by molar-refractivity contribution is -0.488. The molecule has 1 saturated carbocycles. The van der Waals surface area contributed by atoms with Crippen LogP contribution >= 0.6 is 0 Å². The summed E-state index contributed by atoms with van der Waals surface area (Å²) in [5.74, 6) is -1.07. The van der Waals surface area contributed by atoms with Crippen LogP contribution in [0.2, 0.25) is 6.32 Å². The highest BCUT2D eigenvalue weighted by atomic mass is 16.7. The molecule has 0 aromatic carbocycles. The highest BCUT2D eigenvalue weighted by Crippen LogP contribution is 2.44. The third-order valence-corrected chi connectivity index (χ3v) is 6.92. The van der Waals surface area contributed by atoms with E-state index in [0.717, 1.165) is 6.42 Å². The standard InChI is InChI=1S/C22H40BN3O6/c1-15(27)24-22(18(28)25-19(2,3)4)13-16(14-26(29)30)12-17(22)10-9-11-23-31-20(5,6)21(7,8)32-23/h16-17H,9-14H2,1-8H3,(H,24,27)(H,25,28)/t16-,17+,22+/m1/s1. The topological polar surface area (TPSA) is 120 Å².